The van der Waals surface area contributed by atoms with E-state index in [4.69, 9.17) is 4.74 Å². The predicted molar refractivity (Wildman–Crippen MR) is 109 cm³/mol. The van der Waals surface area contributed by atoms with Crippen LogP contribution in [0.2, 0.25) is 0 Å². The first-order chi connectivity index (χ1) is 13.5. The fourth-order valence-corrected chi connectivity index (χ4v) is 3.14. The average Bonchev–Trinajstić information content (AvgIpc) is 3.16. The van der Waals surface area contributed by atoms with Crippen LogP contribution in [0.4, 0.5) is 5.13 Å². The third-order valence-corrected chi connectivity index (χ3v) is 4.93. The second-order valence-electron chi connectivity index (χ2n) is 6.19. The molecule has 2 N–H and O–H groups in total. The molecule has 1 unspecified atom stereocenters. The number of carbonyl (C=O) groups is 2. The second kappa shape index (κ2) is 8.62. The van der Waals surface area contributed by atoms with Crippen molar-refractivity contribution in [1.29, 1.82) is 0 Å². The van der Waals surface area contributed by atoms with E-state index in [1.807, 2.05) is 31.2 Å². The number of benzene rings is 2. The van der Waals surface area contributed by atoms with Crippen molar-refractivity contribution in [3.63, 3.8) is 0 Å². The lowest BCUT2D eigenvalue weighted by molar-refractivity contribution is -0.117. The molecule has 2 amide bonds. The third kappa shape index (κ3) is 4.72. The number of anilines is 1. The topological polar surface area (TPSA) is 93.2 Å². The van der Waals surface area contributed by atoms with Gasteiger partial charge in [0.2, 0.25) is 11.0 Å². The summed E-state index contributed by atoms with van der Waals surface area (Å²) in [6, 6.07) is 13.8. The summed E-state index contributed by atoms with van der Waals surface area (Å²) >= 11 is 1.28. The second-order valence-corrected chi connectivity index (χ2v) is 7.17. The van der Waals surface area contributed by atoms with E-state index in [0.717, 1.165) is 11.1 Å². The Morgan fingerprint density at radius 2 is 1.71 bits per heavy atom. The molecule has 0 bridgehead atoms. The van der Waals surface area contributed by atoms with Crippen LogP contribution in [0.5, 0.6) is 5.75 Å². The van der Waals surface area contributed by atoms with Gasteiger partial charge in [-0.05, 0) is 38.1 Å². The molecule has 0 spiro atoms. The van der Waals surface area contributed by atoms with Crippen molar-refractivity contribution < 1.29 is 14.3 Å². The molecule has 0 fully saturated rings. The first-order valence-corrected chi connectivity index (χ1v) is 9.44. The SMILES string of the molecule is COc1ccc(C(=O)NC(C)C(=O)Nc2nnc(-c3ccc(C)cc3)s2)cc1. The molecule has 0 saturated carbocycles. The molecule has 8 heteroatoms. The average molecular weight is 396 g/mol. The van der Waals surface area contributed by atoms with Gasteiger partial charge in [0.25, 0.3) is 5.91 Å². The normalized spacial score (nSPS) is 11.5. The first kappa shape index (κ1) is 19.5. The standard InChI is InChI=1S/C20H20N4O3S/c1-12-4-6-15(7-5-12)19-23-24-20(28-19)22-17(25)13(2)21-18(26)14-8-10-16(27-3)11-9-14/h4-11,13H,1-3H3,(H,21,26)(H,22,24,25). The van der Waals surface area contributed by atoms with Gasteiger partial charge in [-0.3, -0.25) is 14.9 Å². The van der Waals surface area contributed by atoms with Gasteiger partial charge in [0.05, 0.1) is 7.11 Å². The van der Waals surface area contributed by atoms with Gasteiger partial charge in [-0.15, -0.1) is 10.2 Å². The van der Waals surface area contributed by atoms with E-state index in [0.29, 0.717) is 21.5 Å². The molecule has 3 aromatic rings. The molecular weight excluding hydrogens is 376 g/mol. The van der Waals surface area contributed by atoms with Gasteiger partial charge < -0.3 is 10.1 Å². The van der Waals surface area contributed by atoms with Crippen LogP contribution < -0.4 is 15.4 Å². The fraction of sp³-hybridized carbons (Fsp3) is 0.200. The number of methoxy groups -OCH3 is 1. The van der Waals surface area contributed by atoms with Crippen molar-refractivity contribution in [2.24, 2.45) is 0 Å². The molecule has 28 heavy (non-hydrogen) atoms. The maximum absolute atomic E-state index is 12.4. The van der Waals surface area contributed by atoms with Crippen molar-refractivity contribution in [2.75, 3.05) is 12.4 Å². The Hall–Kier alpha value is -3.26. The van der Waals surface area contributed by atoms with Gasteiger partial charge >= 0.3 is 0 Å². The van der Waals surface area contributed by atoms with Crippen LogP contribution in [0.15, 0.2) is 48.5 Å². The minimum atomic E-state index is -0.735. The van der Waals surface area contributed by atoms with E-state index in [9.17, 15) is 9.59 Å². The van der Waals surface area contributed by atoms with Gasteiger partial charge in [-0.2, -0.15) is 0 Å². The number of nitrogens with zero attached hydrogens (tertiary/aromatic N) is 2. The van der Waals surface area contributed by atoms with Crippen LogP contribution in [0.3, 0.4) is 0 Å². The zero-order valence-corrected chi connectivity index (χ0v) is 16.5. The first-order valence-electron chi connectivity index (χ1n) is 8.62. The number of hydrogen-bond acceptors (Lipinski definition) is 6. The molecule has 0 aliphatic carbocycles. The maximum Gasteiger partial charge on any atom is 0.251 e. The lowest BCUT2D eigenvalue weighted by atomic mass is 10.2. The Bertz CT molecular complexity index is 968. The molecule has 3 rings (SSSR count). The van der Waals surface area contributed by atoms with Gasteiger partial charge in [0.1, 0.15) is 16.8 Å². The largest absolute Gasteiger partial charge is 0.497 e. The summed E-state index contributed by atoms with van der Waals surface area (Å²) in [4.78, 5) is 24.6. The fourth-order valence-electron chi connectivity index (χ4n) is 2.39. The number of nitrogens with one attached hydrogen (secondary N) is 2. The number of rotatable bonds is 6. The molecule has 0 aliphatic heterocycles. The Morgan fingerprint density at radius 3 is 2.36 bits per heavy atom. The minimum absolute atomic E-state index is 0.345. The molecule has 0 radical (unpaired) electrons. The van der Waals surface area contributed by atoms with Crippen LogP contribution in [0.25, 0.3) is 10.6 Å². The highest BCUT2D eigenvalue weighted by Crippen LogP contribution is 2.26. The molecule has 1 atom stereocenters. The lowest BCUT2D eigenvalue weighted by Crippen LogP contribution is -2.41. The van der Waals surface area contributed by atoms with Crippen LogP contribution in [-0.4, -0.2) is 35.2 Å². The number of aryl methyl sites for hydroxylation is 1. The van der Waals surface area contributed by atoms with Crippen LogP contribution in [0, 0.1) is 6.92 Å². The quantitative estimate of drug-likeness (QED) is 0.667. The molecule has 1 heterocycles. The zero-order valence-electron chi connectivity index (χ0n) is 15.7. The molecule has 2 aromatic carbocycles. The Morgan fingerprint density at radius 1 is 1.04 bits per heavy atom. The summed E-state index contributed by atoms with van der Waals surface area (Å²) in [7, 11) is 1.55. The molecular formula is C20H20N4O3S. The van der Waals surface area contributed by atoms with E-state index in [2.05, 4.69) is 20.8 Å². The van der Waals surface area contributed by atoms with E-state index in [1.54, 1.807) is 38.3 Å². The summed E-state index contributed by atoms with van der Waals surface area (Å²) in [6.07, 6.45) is 0. The molecule has 0 aliphatic rings. The van der Waals surface area contributed by atoms with Crippen molar-refractivity contribution in [3.8, 4) is 16.3 Å². The van der Waals surface area contributed by atoms with E-state index in [-0.39, 0.29) is 11.8 Å². The number of aromatic nitrogens is 2. The highest BCUT2D eigenvalue weighted by Gasteiger charge is 2.18. The monoisotopic (exact) mass is 396 g/mol. The lowest BCUT2D eigenvalue weighted by Gasteiger charge is -2.13. The highest BCUT2D eigenvalue weighted by atomic mass is 32.1. The smallest absolute Gasteiger partial charge is 0.251 e. The predicted octanol–water partition coefficient (Wildman–Crippen LogP) is 3.28. The van der Waals surface area contributed by atoms with Crippen LogP contribution in [0.1, 0.15) is 22.8 Å². The summed E-state index contributed by atoms with van der Waals surface area (Å²) < 4.78 is 5.07. The van der Waals surface area contributed by atoms with Crippen molar-refractivity contribution in [1.82, 2.24) is 15.5 Å². The molecule has 0 saturated heterocycles. The number of hydrogen-bond donors (Lipinski definition) is 2. The van der Waals surface area contributed by atoms with Gasteiger partial charge in [0.15, 0.2) is 0 Å². The number of ether oxygens (including phenoxy) is 1. The molecule has 7 nitrogen and oxygen atoms in total. The van der Waals surface area contributed by atoms with E-state index in [1.165, 1.54) is 11.3 Å². The van der Waals surface area contributed by atoms with Gasteiger partial charge in [-0.25, -0.2) is 0 Å². The highest BCUT2D eigenvalue weighted by molar-refractivity contribution is 7.18. The number of amides is 2. The summed E-state index contributed by atoms with van der Waals surface area (Å²) in [5.74, 6) is -0.0561. The molecule has 1 aromatic heterocycles. The van der Waals surface area contributed by atoms with E-state index < -0.39 is 6.04 Å². The van der Waals surface area contributed by atoms with Crippen LogP contribution >= 0.6 is 11.3 Å². The summed E-state index contributed by atoms with van der Waals surface area (Å²) in [6.45, 7) is 3.62. The maximum atomic E-state index is 12.4. The summed E-state index contributed by atoms with van der Waals surface area (Å²) in [5, 5.41) is 14.6. The van der Waals surface area contributed by atoms with Crippen molar-refractivity contribution >= 4 is 28.3 Å². The Labute approximate surface area is 166 Å². The number of carbonyl (C=O) groups excluding carboxylic acids is 2. The van der Waals surface area contributed by atoms with Gasteiger partial charge in [-0.1, -0.05) is 41.2 Å². The third-order valence-electron chi connectivity index (χ3n) is 4.05. The van der Waals surface area contributed by atoms with Crippen LogP contribution in [-0.2, 0) is 4.79 Å². The van der Waals surface area contributed by atoms with Crippen molar-refractivity contribution in [2.45, 2.75) is 19.9 Å². The Kier molecular flexibility index (Phi) is 6.00. The van der Waals surface area contributed by atoms with Crippen molar-refractivity contribution in [3.05, 3.63) is 59.7 Å². The minimum Gasteiger partial charge on any atom is -0.497 e. The zero-order chi connectivity index (χ0) is 20.1. The Balaban J connectivity index is 1.59. The van der Waals surface area contributed by atoms with Gasteiger partial charge in [0, 0.05) is 11.1 Å². The molecule has 144 valence electrons. The van der Waals surface area contributed by atoms with E-state index >= 15 is 0 Å². The summed E-state index contributed by atoms with van der Waals surface area (Å²) in [5.41, 5.74) is 2.53.